The van der Waals surface area contributed by atoms with Gasteiger partial charge in [-0.25, -0.2) is 0 Å². The Labute approximate surface area is 139 Å². The van der Waals surface area contributed by atoms with Crippen LogP contribution in [0.2, 0.25) is 0 Å². The van der Waals surface area contributed by atoms with E-state index >= 15 is 0 Å². The maximum Gasteiger partial charge on any atom is 0.240 e. The second kappa shape index (κ2) is 9.07. The molecule has 0 unspecified atom stereocenters. The van der Waals surface area contributed by atoms with Crippen molar-refractivity contribution in [2.45, 2.75) is 25.4 Å². The van der Waals surface area contributed by atoms with Crippen LogP contribution in [0.25, 0.3) is 0 Å². The lowest BCUT2D eigenvalue weighted by Gasteiger charge is -2.15. The molecule has 1 aromatic carbocycles. The minimum Gasteiger partial charge on any atom is -0.368 e. The van der Waals surface area contributed by atoms with Crippen LogP contribution in [0, 0.1) is 0 Å². The first-order valence-electron chi connectivity index (χ1n) is 7.49. The molecule has 0 fully saturated rings. The molecular weight excluding hydrogens is 310 g/mol. The minimum atomic E-state index is -0.679. The molecule has 0 bridgehead atoms. The van der Waals surface area contributed by atoms with Crippen molar-refractivity contribution in [3.63, 3.8) is 0 Å². The van der Waals surface area contributed by atoms with Gasteiger partial charge in [-0.2, -0.15) is 11.3 Å². The summed E-state index contributed by atoms with van der Waals surface area (Å²) in [5.74, 6) is -0.698. The van der Waals surface area contributed by atoms with Gasteiger partial charge in [-0.15, -0.1) is 0 Å². The molecule has 0 aliphatic rings. The van der Waals surface area contributed by atoms with Crippen LogP contribution >= 0.6 is 11.3 Å². The number of thiophene rings is 1. The fraction of sp³-hybridized carbons (Fsp3) is 0.294. The summed E-state index contributed by atoms with van der Waals surface area (Å²) in [4.78, 5) is 23.5. The minimum absolute atomic E-state index is 0.178. The zero-order valence-electron chi connectivity index (χ0n) is 12.8. The Morgan fingerprint density at radius 1 is 1.13 bits per heavy atom. The summed E-state index contributed by atoms with van der Waals surface area (Å²) in [6.45, 7) is 1.29. The van der Waals surface area contributed by atoms with Crippen LogP contribution in [0.5, 0.6) is 0 Å². The van der Waals surface area contributed by atoms with Gasteiger partial charge in [-0.05, 0) is 28.0 Å². The number of hydrogen-bond donors (Lipinski definition) is 3. The van der Waals surface area contributed by atoms with Crippen LogP contribution < -0.4 is 16.4 Å². The van der Waals surface area contributed by atoms with Crippen LogP contribution in [0.15, 0.2) is 47.2 Å². The van der Waals surface area contributed by atoms with Crippen molar-refractivity contribution >= 4 is 23.2 Å². The van der Waals surface area contributed by atoms with Crippen molar-refractivity contribution in [1.29, 1.82) is 0 Å². The van der Waals surface area contributed by atoms with E-state index in [1.165, 1.54) is 5.56 Å². The molecule has 1 atom stereocenters. The fourth-order valence-corrected chi connectivity index (χ4v) is 2.84. The highest BCUT2D eigenvalue weighted by Gasteiger charge is 2.18. The fourth-order valence-electron chi connectivity index (χ4n) is 2.17. The second-order valence-electron chi connectivity index (χ2n) is 5.27. The van der Waals surface area contributed by atoms with Gasteiger partial charge in [-0.1, -0.05) is 30.3 Å². The highest BCUT2D eigenvalue weighted by Crippen LogP contribution is 2.05. The number of carbonyl (C=O) groups is 2. The molecule has 122 valence electrons. The number of benzene rings is 1. The van der Waals surface area contributed by atoms with Crippen molar-refractivity contribution in [3.05, 3.63) is 58.3 Å². The lowest BCUT2D eigenvalue weighted by Crippen LogP contribution is -2.46. The molecule has 2 rings (SSSR count). The van der Waals surface area contributed by atoms with Crippen LogP contribution in [-0.2, 0) is 22.6 Å². The van der Waals surface area contributed by atoms with Gasteiger partial charge >= 0.3 is 0 Å². The van der Waals surface area contributed by atoms with Gasteiger partial charge in [0.15, 0.2) is 0 Å². The first-order chi connectivity index (χ1) is 11.1. The summed E-state index contributed by atoms with van der Waals surface area (Å²) in [6.07, 6.45) is 0.715. The number of nitrogens with two attached hydrogens (primary N) is 1. The van der Waals surface area contributed by atoms with Crippen LogP contribution in [-0.4, -0.2) is 24.4 Å². The van der Waals surface area contributed by atoms with Crippen molar-refractivity contribution in [3.8, 4) is 0 Å². The summed E-state index contributed by atoms with van der Waals surface area (Å²) >= 11 is 1.65. The lowest BCUT2D eigenvalue weighted by atomic mass is 10.1. The average Bonchev–Trinajstić information content (AvgIpc) is 3.05. The van der Waals surface area contributed by atoms with Gasteiger partial charge in [0.05, 0.1) is 0 Å². The Balaban J connectivity index is 1.73. The molecule has 0 saturated heterocycles. The Bertz CT molecular complexity index is 614. The Morgan fingerprint density at radius 2 is 1.91 bits per heavy atom. The molecule has 0 saturated carbocycles. The first kappa shape index (κ1) is 17.2. The van der Waals surface area contributed by atoms with Crippen molar-refractivity contribution in [2.24, 2.45) is 5.73 Å². The molecule has 1 aromatic heterocycles. The van der Waals surface area contributed by atoms with Crippen molar-refractivity contribution in [2.75, 3.05) is 6.54 Å². The topological polar surface area (TPSA) is 84.2 Å². The molecule has 2 amide bonds. The van der Waals surface area contributed by atoms with E-state index in [0.717, 1.165) is 12.1 Å². The molecule has 6 heteroatoms. The third-order valence-electron chi connectivity index (χ3n) is 3.40. The summed E-state index contributed by atoms with van der Waals surface area (Å²) < 4.78 is 0. The van der Waals surface area contributed by atoms with Crippen molar-refractivity contribution in [1.82, 2.24) is 10.6 Å². The van der Waals surface area contributed by atoms with E-state index in [4.69, 9.17) is 5.73 Å². The molecule has 0 aliphatic heterocycles. The lowest BCUT2D eigenvalue weighted by molar-refractivity contribution is -0.127. The molecule has 0 spiro atoms. The molecule has 4 N–H and O–H groups in total. The van der Waals surface area contributed by atoms with Gasteiger partial charge < -0.3 is 16.4 Å². The molecule has 2 aromatic rings. The molecular formula is C17H21N3O2S. The van der Waals surface area contributed by atoms with E-state index in [-0.39, 0.29) is 5.91 Å². The SMILES string of the molecule is NC(=O)[C@H](Cc1ccccc1)NC(=O)CCNCc1ccsc1. The number of primary amides is 1. The van der Waals surface area contributed by atoms with E-state index in [9.17, 15) is 9.59 Å². The molecule has 23 heavy (non-hydrogen) atoms. The Hall–Kier alpha value is -2.18. The van der Waals surface area contributed by atoms with Crippen LogP contribution in [0.3, 0.4) is 0 Å². The smallest absolute Gasteiger partial charge is 0.240 e. The van der Waals surface area contributed by atoms with Crippen molar-refractivity contribution < 1.29 is 9.59 Å². The van der Waals surface area contributed by atoms with Gasteiger partial charge in [0, 0.05) is 25.9 Å². The number of hydrogen-bond acceptors (Lipinski definition) is 4. The Kier molecular flexibility index (Phi) is 6.77. The highest BCUT2D eigenvalue weighted by atomic mass is 32.1. The van der Waals surface area contributed by atoms with E-state index in [1.54, 1.807) is 11.3 Å². The third kappa shape index (κ3) is 6.22. The van der Waals surface area contributed by atoms with E-state index in [0.29, 0.717) is 19.4 Å². The van der Waals surface area contributed by atoms with Gasteiger partial charge in [0.2, 0.25) is 11.8 Å². The largest absolute Gasteiger partial charge is 0.368 e. The molecule has 0 radical (unpaired) electrons. The molecule has 0 aliphatic carbocycles. The highest BCUT2D eigenvalue weighted by molar-refractivity contribution is 7.07. The third-order valence-corrected chi connectivity index (χ3v) is 4.13. The number of nitrogens with one attached hydrogen (secondary N) is 2. The quantitative estimate of drug-likeness (QED) is 0.608. The summed E-state index contributed by atoms with van der Waals surface area (Å²) in [5, 5.41) is 9.99. The molecule has 5 nitrogen and oxygen atoms in total. The zero-order valence-corrected chi connectivity index (χ0v) is 13.6. The maximum absolute atomic E-state index is 12.0. The number of amides is 2. The zero-order chi connectivity index (χ0) is 16.5. The number of carbonyl (C=O) groups excluding carboxylic acids is 2. The first-order valence-corrected chi connectivity index (χ1v) is 8.44. The predicted octanol–water partition coefficient (Wildman–Crippen LogP) is 1.44. The standard InChI is InChI=1S/C17H21N3O2S/c18-17(22)15(10-13-4-2-1-3-5-13)20-16(21)6-8-19-11-14-7-9-23-12-14/h1-5,7,9,12,15,19H,6,8,10-11H2,(H2,18,22)(H,20,21)/t15-/m0/s1. The monoisotopic (exact) mass is 331 g/mol. The second-order valence-corrected chi connectivity index (χ2v) is 6.05. The van der Waals surface area contributed by atoms with E-state index in [1.807, 2.05) is 41.8 Å². The Morgan fingerprint density at radius 3 is 2.57 bits per heavy atom. The normalized spacial score (nSPS) is 11.8. The summed E-state index contributed by atoms with van der Waals surface area (Å²) in [6, 6.07) is 10.9. The van der Waals surface area contributed by atoms with E-state index in [2.05, 4.69) is 16.0 Å². The van der Waals surface area contributed by atoms with Crippen LogP contribution in [0.1, 0.15) is 17.5 Å². The molecule has 1 heterocycles. The summed E-state index contributed by atoms with van der Waals surface area (Å²) in [7, 11) is 0. The summed E-state index contributed by atoms with van der Waals surface area (Å²) in [5.41, 5.74) is 7.55. The predicted molar refractivity (Wildman–Crippen MR) is 91.9 cm³/mol. The van der Waals surface area contributed by atoms with E-state index < -0.39 is 11.9 Å². The average molecular weight is 331 g/mol. The van der Waals surface area contributed by atoms with Gasteiger partial charge in [-0.3, -0.25) is 9.59 Å². The van der Waals surface area contributed by atoms with Gasteiger partial charge in [0.25, 0.3) is 0 Å². The van der Waals surface area contributed by atoms with Gasteiger partial charge in [0.1, 0.15) is 6.04 Å². The maximum atomic E-state index is 12.0. The number of rotatable bonds is 9. The van der Waals surface area contributed by atoms with Crippen LogP contribution in [0.4, 0.5) is 0 Å².